The number of aliphatic imine (C=N–C) groups is 1. The monoisotopic (exact) mass is 528 g/mol. The van der Waals surface area contributed by atoms with E-state index in [9.17, 15) is 18.3 Å². The lowest BCUT2D eigenvalue weighted by Gasteiger charge is -2.31. The molecule has 0 saturated carbocycles. The van der Waals surface area contributed by atoms with Crippen LogP contribution in [-0.2, 0) is 10.2 Å². The van der Waals surface area contributed by atoms with Crippen LogP contribution in [-0.4, -0.2) is 70.3 Å². The maximum atomic E-state index is 12.4. The van der Waals surface area contributed by atoms with Crippen LogP contribution >= 0.6 is 0 Å². The number of amidine groups is 2. The van der Waals surface area contributed by atoms with Crippen molar-refractivity contribution in [2.75, 3.05) is 44.5 Å². The third-order valence-electron chi connectivity index (χ3n) is 6.06. The van der Waals surface area contributed by atoms with Crippen molar-refractivity contribution in [1.29, 1.82) is 0 Å². The molecule has 2 aromatic carbocycles. The number of likely N-dealkylation sites (N-methyl/N-ethyl adjacent to an activating group) is 1. The Morgan fingerprint density at radius 1 is 1.27 bits per heavy atom. The molecule has 0 fully saturated rings. The van der Waals surface area contributed by atoms with Gasteiger partial charge in [-0.15, -0.1) is 4.40 Å². The first-order chi connectivity index (χ1) is 17.3. The van der Waals surface area contributed by atoms with Gasteiger partial charge in [0.15, 0.2) is 17.4 Å². The van der Waals surface area contributed by atoms with Crippen molar-refractivity contribution in [3.8, 4) is 11.5 Å². The summed E-state index contributed by atoms with van der Waals surface area (Å²) in [6.07, 6.45) is 0. The zero-order chi connectivity index (χ0) is 27.1. The largest absolute Gasteiger partial charge is 0.505 e. The molecule has 0 unspecified atom stereocenters. The highest BCUT2D eigenvalue weighted by Crippen LogP contribution is 2.41. The fraction of sp³-hybridized carbons (Fsp3) is 0.400. The van der Waals surface area contributed by atoms with E-state index in [1.165, 1.54) is 17.0 Å². The van der Waals surface area contributed by atoms with E-state index in [0.29, 0.717) is 6.61 Å². The number of fused-ring (bicyclic) bond motifs is 1. The molecule has 198 valence electrons. The lowest BCUT2D eigenvalue weighted by Crippen LogP contribution is -2.33. The van der Waals surface area contributed by atoms with Gasteiger partial charge in [0.25, 0.3) is 5.91 Å². The Morgan fingerprint density at radius 3 is 2.68 bits per heavy atom. The fourth-order valence-corrected chi connectivity index (χ4v) is 4.97. The summed E-state index contributed by atoms with van der Waals surface area (Å²) < 4.78 is 36.8. The molecule has 37 heavy (non-hydrogen) atoms. The van der Waals surface area contributed by atoms with E-state index in [4.69, 9.17) is 9.73 Å². The van der Waals surface area contributed by atoms with Gasteiger partial charge in [0.1, 0.15) is 12.4 Å². The van der Waals surface area contributed by atoms with Crippen LogP contribution in [0.2, 0.25) is 0 Å². The Morgan fingerprint density at radius 2 is 2.00 bits per heavy atom. The van der Waals surface area contributed by atoms with Gasteiger partial charge in [-0.1, -0.05) is 32.9 Å². The third-order valence-corrected chi connectivity index (χ3v) is 6.93. The van der Waals surface area contributed by atoms with E-state index in [1.54, 1.807) is 20.2 Å². The van der Waals surface area contributed by atoms with Crippen molar-refractivity contribution in [1.82, 2.24) is 9.62 Å². The number of phenols is 1. The van der Waals surface area contributed by atoms with Gasteiger partial charge in [-0.05, 0) is 35.2 Å². The number of nitrogens with one attached hydrogen (secondary N) is 2. The SMILES string of the molecule is CN(C)C(=O)c1cccc(NC2=NS(=O)(=O)NC2=N[C@@H](c2ccc3c(c2)OCCN3C)C(C)(C)C)c1O. The Bertz CT molecular complexity index is 1390. The third kappa shape index (κ3) is 5.48. The van der Waals surface area contributed by atoms with E-state index in [1.807, 2.05) is 46.0 Å². The minimum absolute atomic E-state index is 0.000536. The van der Waals surface area contributed by atoms with E-state index in [2.05, 4.69) is 19.3 Å². The van der Waals surface area contributed by atoms with Gasteiger partial charge in [-0.25, -0.2) is 4.72 Å². The molecule has 0 aromatic heterocycles. The van der Waals surface area contributed by atoms with Gasteiger partial charge in [-0.2, -0.15) is 8.42 Å². The summed E-state index contributed by atoms with van der Waals surface area (Å²) >= 11 is 0. The van der Waals surface area contributed by atoms with Gasteiger partial charge in [0.05, 0.1) is 29.5 Å². The summed E-state index contributed by atoms with van der Waals surface area (Å²) in [5, 5.41) is 13.6. The second-order valence-electron chi connectivity index (χ2n) is 10.3. The van der Waals surface area contributed by atoms with Gasteiger partial charge in [0.2, 0.25) is 0 Å². The molecule has 0 saturated heterocycles. The number of aromatic hydroxyl groups is 1. The maximum Gasteiger partial charge on any atom is 0.345 e. The van der Waals surface area contributed by atoms with Crippen LogP contribution in [0.3, 0.4) is 0 Å². The van der Waals surface area contributed by atoms with Gasteiger partial charge >= 0.3 is 10.2 Å². The summed E-state index contributed by atoms with van der Waals surface area (Å²) in [4.78, 5) is 20.6. The molecule has 2 aliphatic rings. The standard InChI is InChI=1S/C25H32N6O5S/c1-25(2,3)21(15-10-11-18-19(14-15)36-13-12-31(18)6)27-23-22(28-37(34,35)29-23)26-17-9-7-8-16(20(17)32)24(33)30(4)5/h7-11,14,21,32H,12-13H2,1-6H3,(H,26,28)(H,27,29)/t21-/m0/s1. The van der Waals surface area contributed by atoms with Crippen molar-refractivity contribution in [3.63, 3.8) is 0 Å². The zero-order valence-electron chi connectivity index (χ0n) is 21.7. The number of hydrogen-bond donors (Lipinski definition) is 3. The quantitative estimate of drug-likeness (QED) is 0.519. The van der Waals surface area contributed by atoms with Crippen LogP contribution in [0.25, 0.3) is 0 Å². The number of nitrogens with zero attached hydrogens (tertiary/aromatic N) is 4. The van der Waals surface area contributed by atoms with Crippen LogP contribution in [0.4, 0.5) is 11.4 Å². The number of anilines is 2. The van der Waals surface area contributed by atoms with Crippen molar-refractivity contribution in [2.45, 2.75) is 26.8 Å². The van der Waals surface area contributed by atoms with Gasteiger partial charge in [-0.3, -0.25) is 9.79 Å². The smallest absolute Gasteiger partial charge is 0.345 e. The number of hydrogen-bond acceptors (Lipinski definition) is 8. The first-order valence-corrected chi connectivity index (χ1v) is 13.2. The molecule has 12 heteroatoms. The second-order valence-corrected chi connectivity index (χ2v) is 11.6. The highest BCUT2D eigenvalue weighted by molar-refractivity contribution is 7.89. The van der Waals surface area contributed by atoms with Crippen LogP contribution in [0.15, 0.2) is 45.8 Å². The lowest BCUT2D eigenvalue weighted by molar-refractivity contribution is 0.0824. The summed E-state index contributed by atoms with van der Waals surface area (Å²) in [6, 6.07) is 9.97. The number of amides is 1. The molecule has 0 aliphatic carbocycles. The van der Waals surface area contributed by atoms with E-state index in [-0.39, 0.29) is 28.7 Å². The van der Waals surface area contributed by atoms with E-state index >= 15 is 0 Å². The maximum absolute atomic E-state index is 12.4. The predicted octanol–water partition coefficient (Wildman–Crippen LogP) is 2.77. The molecule has 3 N–H and O–H groups in total. The first-order valence-electron chi connectivity index (χ1n) is 11.8. The average molecular weight is 529 g/mol. The highest BCUT2D eigenvalue weighted by Gasteiger charge is 2.33. The Hall–Kier alpha value is -3.80. The molecule has 2 heterocycles. The number of benzene rings is 2. The van der Waals surface area contributed by atoms with Gasteiger partial charge in [0, 0.05) is 21.1 Å². The molecule has 0 bridgehead atoms. The molecule has 4 rings (SSSR count). The van der Waals surface area contributed by atoms with Crippen LogP contribution in [0.1, 0.15) is 42.7 Å². The first kappa shape index (κ1) is 26.3. The van der Waals surface area contributed by atoms with Crippen LogP contribution < -0.4 is 19.7 Å². The summed E-state index contributed by atoms with van der Waals surface area (Å²) in [7, 11) is 1.08. The summed E-state index contributed by atoms with van der Waals surface area (Å²) in [5.74, 6) is -0.0718. The molecular weight excluding hydrogens is 496 g/mol. The van der Waals surface area contributed by atoms with E-state index < -0.39 is 27.6 Å². The Kier molecular flexibility index (Phi) is 6.80. The molecule has 2 aromatic rings. The Labute approximate surface area is 217 Å². The van der Waals surface area contributed by atoms with Crippen LogP contribution in [0.5, 0.6) is 11.5 Å². The van der Waals surface area contributed by atoms with Crippen LogP contribution in [0, 0.1) is 5.41 Å². The minimum Gasteiger partial charge on any atom is -0.505 e. The number of para-hydroxylation sites is 1. The predicted molar refractivity (Wildman–Crippen MR) is 144 cm³/mol. The number of carbonyl (C=O) groups excluding carboxylic acids is 1. The van der Waals surface area contributed by atoms with E-state index in [0.717, 1.165) is 23.5 Å². The average Bonchev–Trinajstić information content (AvgIpc) is 3.10. The molecule has 2 aliphatic heterocycles. The topological polar surface area (TPSA) is 136 Å². The fourth-order valence-electron chi connectivity index (χ4n) is 4.15. The molecule has 1 atom stereocenters. The zero-order valence-corrected chi connectivity index (χ0v) is 22.5. The van der Waals surface area contributed by atoms with Crippen molar-refractivity contribution < 1.29 is 23.1 Å². The number of ether oxygens (including phenoxy) is 1. The number of carbonyl (C=O) groups is 1. The molecule has 0 spiro atoms. The summed E-state index contributed by atoms with van der Waals surface area (Å²) in [5.41, 5.74) is 1.61. The lowest BCUT2D eigenvalue weighted by atomic mass is 9.82. The number of rotatable bonds is 4. The highest BCUT2D eigenvalue weighted by atomic mass is 32.2. The van der Waals surface area contributed by atoms with Gasteiger partial charge < -0.3 is 25.0 Å². The minimum atomic E-state index is -4.06. The Balaban J connectivity index is 1.73. The van der Waals surface area contributed by atoms with Crippen molar-refractivity contribution in [2.24, 2.45) is 14.8 Å². The number of phenolic OH excluding ortho intramolecular Hbond substituents is 1. The van der Waals surface area contributed by atoms with Crippen molar-refractivity contribution >= 4 is 39.2 Å². The summed E-state index contributed by atoms with van der Waals surface area (Å²) in [6.45, 7) is 7.37. The molecule has 1 amide bonds. The molecule has 0 radical (unpaired) electrons. The normalized spacial score (nSPS) is 18.4. The molecule has 11 nitrogen and oxygen atoms in total. The second kappa shape index (κ2) is 9.58. The van der Waals surface area contributed by atoms with Crippen molar-refractivity contribution in [3.05, 3.63) is 47.5 Å². The molecular formula is C25H32N6O5S.